The van der Waals surface area contributed by atoms with E-state index < -0.39 is 10.0 Å². The molecule has 0 atom stereocenters. The monoisotopic (exact) mass is 309 g/mol. The van der Waals surface area contributed by atoms with Crippen LogP contribution in [0.25, 0.3) is 0 Å². The van der Waals surface area contributed by atoms with Gasteiger partial charge in [-0.1, -0.05) is 17.3 Å². The van der Waals surface area contributed by atoms with Crippen LogP contribution in [0.1, 0.15) is 5.56 Å². The zero-order valence-corrected chi connectivity index (χ0v) is 12.3. The minimum atomic E-state index is -3.71. The lowest BCUT2D eigenvalue weighted by Gasteiger charge is -2.19. The lowest BCUT2D eigenvalue weighted by atomic mass is 10.2. The average molecular weight is 309 g/mol. The van der Waals surface area contributed by atoms with Crippen molar-refractivity contribution in [3.05, 3.63) is 42.2 Å². The van der Waals surface area contributed by atoms with Crippen molar-refractivity contribution in [3.63, 3.8) is 0 Å². The summed E-state index contributed by atoms with van der Waals surface area (Å²) in [6.07, 6.45) is 2.69. The Morgan fingerprint density at radius 1 is 1.48 bits per heavy atom. The van der Waals surface area contributed by atoms with E-state index in [1.165, 1.54) is 30.2 Å². The van der Waals surface area contributed by atoms with Gasteiger partial charge in [-0.3, -0.25) is 8.99 Å². The molecule has 0 aliphatic rings. The number of benzene rings is 1. The van der Waals surface area contributed by atoms with E-state index in [2.05, 4.69) is 10.3 Å². The van der Waals surface area contributed by atoms with Crippen LogP contribution >= 0.6 is 0 Å². The fourth-order valence-electron chi connectivity index (χ4n) is 1.75. The van der Waals surface area contributed by atoms with Crippen LogP contribution in [0.5, 0.6) is 0 Å². The summed E-state index contributed by atoms with van der Waals surface area (Å²) in [5.74, 6) is -0.0935. The Labute approximate surface area is 122 Å². The summed E-state index contributed by atoms with van der Waals surface area (Å²) in [5, 5.41) is 15.4. The Balaban J connectivity index is 2.42. The number of aryl methyl sites for hydroxylation is 1. The SMILES string of the molecule is CN(c1cccc(C(N)=NO)c1)S(=O)(=O)c1cnn(C)c1. The summed E-state index contributed by atoms with van der Waals surface area (Å²) in [6, 6.07) is 6.37. The zero-order valence-electron chi connectivity index (χ0n) is 11.5. The average Bonchev–Trinajstić information content (AvgIpc) is 2.93. The van der Waals surface area contributed by atoms with Gasteiger partial charge in [-0.15, -0.1) is 0 Å². The van der Waals surface area contributed by atoms with Gasteiger partial charge in [-0.2, -0.15) is 5.10 Å². The highest BCUT2D eigenvalue weighted by molar-refractivity contribution is 7.92. The van der Waals surface area contributed by atoms with Crippen molar-refractivity contribution in [1.82, 2.24) is 9.78 Å². The van der Waals surface area contributed by atoms with E-state index in [4.69, 9.17) is 10.9 Å². The van der Waals surface area contributed by atoms with Crippen molar-refractivity contribution in [3.8, 4) is 0 Å². The molecular weight excluding hydrogens is 294 g/mol. The van der Waals surface area contributed by atoms with Crippen molar-refractivity contribution in [1.29, 1.82) is 0 Å². The molecule has 0 spiro atoms. The maximum Gasteiger partial charge on any atom is 0.267 e. The first-order chi connectivity index (χ1) is 9.86. The minimum Gasteiger partial charge on any atom is -0.409 e. The summed E-state index contributed by atoms with van der Waals surface area (Å²) in [4.78, 5) is 0.0849. The van der Waals surface area contributed by atoms with Gasteiger partial charge in [0.05, 0.1) is 11.9 Å². The standard InChI is InChI=1S/C12H15N5O3S/c1-16-8-11(7-14-16)21(19,20)17(2)10-5-3-4-9(6-10)12(13)15-18/h3-8,18H,1-2H3,(H2,13,15). The van der Waals surface area contributed by atoms with E-state index in [0.717, 1.165) is 4.31 Å². The minimum absolute atomic E-state index is 0.0849. The molecule has 2 aromatic rings. The van der Waals surface area contributed by atoms with Gasteiger partial charge in [0.2, 0.25) is 0 Å². The first-order valence-corrected chi connectivity index (χ1v) is 7.36. The molecule has 0 bridgehead atoms. The number of hydrogen-bond acceptors (Lipinski definition) is 5. The fourth-order valence-corrected chi connectivity index (χ4v) is 2.92. The number of nitrogens with zero attached hydrogens (tertiary/aromatic N) is 4. The summed E-state index contributed by atoms with van der Waals surface area (Å²) in [7, 11) is -0.652. The Morgan fingerprint density at radius 2 is 2.19 bits per heavy atom. The Bertz CT molecular complexity index is 782. The Kier molecular flexibility index (Phi) is 3.85. The maximum absolute atomic E-state index is 12.5. The molecule has 0 saturated carbocycles. The lowest BCUT2D eigenvalue weighted by Crippen LogP contribution is -2.26. The molecule has 0 fully saturated rings. The third-order valence-corrected chi connectivity index (χ3v) is 4.69. The highest BCUT2D eigenvalue weighted by Crippen LogP contribution is 2.22. The van der Waals surface area contributed by atoms with E-state index in [1.807, 2.05) is 0 Å². The van der Waals surface area contributed by atoms with Crippen molar-refractivity contribution in [2.24, 2.45) is 17.9 Å². The number of sulfonamides is 1. The van der Waals surface area contributed by atoms with Crippen molar-refractivity contribution < 1.29 is 13.6 Å². The van der Waals surface area contributed by atoms with Crippen molar-refractivity contribution >= 4 is 21.5 Å². The van der Waals surface area contributed by atoms with Gasteiger partial charge in [0.15, 0.2) is 5.84 Å². The Hall–Kier alpha value is -2.55. The molecule has 0 saturated heterocycles. The number of hydrogen-bond donors (Lipinski definition) is 2. The normalized spacial score (nSPS) is 12.4. The second-order valence-corrected chi connectivity index (χ2v) is 6.33. The van der Waals surface area contributed by atoms with Gasteiger partial charge in [-0.05, 0) is 12.1 Å². The summed E-state index contributed by atoms with van der Waals surface area (Å²) < 4.78 is 27.4. The van der Waals surface area contributed by atoms with Gasteiger partial charge in [0.25, 0.3) is 10.0 Å². The molecule has 21 heavy (non-hydrogen) atoms. The molecule has 0 unspecified atom stereocenters. The molecule has 1 aromatic heterocycles. The first-order valence-electron chi connectivity index (χ1n) is 5.92. The molecule has 2 rings (SSSR count). The van der Waals surface area contributed by atoms with E-state index in [1.54, 1.807) is 25.2 Å². The molecule has 0 aliphatic carbocycles. The van der Waals surface area contributed by atoms with Crippen LogP contribution < -0.4 is 10.0 Å². The van der Waals surface area contributed by atoms with Crippen LogP contribution in [0.3, 0.4) is 0 Å². The van der Waals surface area contributed by atoms with Gasteiger partial charge < -0.3 is 10.9 Å². The number of nitrogens with two attached hydrogens (primary N) is 1. The molecule has 1 heterocycles. The van der Waals surface area contributed by atoms with E-state index in [0.29, 0.717) is 11.3 Å². The third kappa shape index (κ3) is 2.82. The second-order valence-electron chi connectivity index (χ2n) is 4.36. The van der Waals surface area contributed by atoms with Crippen molar-refractivity contribution in [2.75, 3.05) is 11.4 Å². The molecule has 8 nitrogen and oxygen atoms in total. The zero-order chi connectivity index (χ0) is 15.6. The maximum atomic E-state index is 12.5. The quantitative estimate of drug-likeness (QED) is 0.366. The highest BCUT2D eigenvalue weighted by atomic mass is 32.2. The summed E-state index contributed by atoms with van der Waals surface area (Å²) >= 11 is 0. The van der Waals surface area contributed by atoms with Crippen LogP contribution in [0.2, 0.25) is 0 Å². The molecule has 9 heteroatoms. The fraction of sp³-hybridized carbons (Fsp3) is 0.167. The second kappa shape index (κ2) is 5.44. The van der Waals surface area contributed by atoms with Gasteiger partial charge in [0.1, 0.15) is 4.90 Å². The van der Waals surface area contributed by atoms with Crippen LogP contribution in [0.15, 0.2) is 46.7 Å². The smallest absolute Gasteiger partial charge is 0.267 e. The largest absolute Gasteiger partial charge is 0.409 e. The topological polar surface area (TPSA) is 114 Å². The first kappa shape index (κ1) is 14.9. The molecule has 0 radical (unpaired) electrons. The summed E-state index contributed by atoms with van der Waals surface area (Å²) in [5.41, 5.74) is 6.32. The number of amidine groups is 1. The number of rotatable bonds is 4. The number of aromatic nitrogens is 2. The number of oxime groups is 1. The molecular formula is C12H15N5O3S. The van der Waals surface area contributed by atoms with Crippen LogP contribution in [-0.4, -0.2) is 36.3 Å². The number of anilines is 1. The summed E-state index contributed by atoms with van der Waals surface area (Å²) in [6.45, 7) is 0. The molecule has 0 aliphatic heterocycles. The van der Waals surface area contributed by atoms with Crippen molar-refractivity contribution in [2.45, 2.75) is 4.90 Å². The van der Waals surface area contributed by atoms with Crippen LogP contribution in [-0.2, 0) is 17.1 Å². The van der Waals surface area contributed by atoms with Crippen LogP contribution in [0.4, 0.5) is 5.69 Å². The van der Waals surface area contributed by atoms with E-state index >= 15 is 0 Å². The Morgan fingerprint density at radius 3 is 2.76 bits per heavy atom. The van der Waals surface area contributed by atoms with E-state index in [9.17, 15) is 8.42 Å². The predicted molar refractivity (Wildman–Crippen MR) is 77.7 cm³/mol. The predicted octanol–water partition coefficient (Wildman–Crippen LogP) is 0.340. The van der Waals surface area contributed by atoms with E-state index in [-0.39, 0.29) is 10.7 Å². The highest BCUT2D eigenvalue weighted by Gasteiger charge is 2.23. The van der Waals surface area contributed by atoms with Gasteiger partial charge >= 0.3 is 0 Å². The van der Waals surface area contributed by atoms with Crippen LogP contribution in [0, 0.1) is 0 Å². The van der Waals surface area contributed by atoms with Gasteiger partial charge in [-0.25, -0.2) is 8.42 Å². The molecule has 3 N–H and O–H groups in total. The lowest BCUT2D eigenvalue weighted by molar-refractivity contribution is 0.318. The molecule has 1 aromatic carbocycles. The third-order valence-electron chi connectivity index (χ3n) is 2.95. The molecule has 112 valence electrons. The molecule has 0 amide bonds. The van der Waals surface area contributed by atoms with Gasteiger partial charge in [0, 0.05) is 25.9 Å².